The Balaban J connectivity index is 2.15. The van der Waals surface area contributed by atoms with Crippen LogP contribution in [-0.2, 0) is 4.79 Å². The molecule has 6 nitrogen and oxygen atoms in total. The Morgan fingerprint density at radius 3 is 2.62 bits per heavy atom. The van der Waals surface area contributed by atoms with Crippen LogP contribution in [0.1, 0.15) is 23.2 Å². The van der Waals surface area contributed by atoms with Gasteiger partial charge < -0.3 is 15.4 Å². The Morgan fingerprint density at radius 2 is 2.12 bits per heavy atom. The lowest BCUT2D eigenvalue weighted by atomic mass is 10.2. The van der Waals surface area contributed by atoms with Gasteiger partial charge in [-0.3, -0.25) is 9.59 Å². The van der Waals surface area contributed by atoms with E-state index in [2.05, 4.69) is 10.3 Å². The number of carbonyl (C=O) groups excluding carboxylic acids is 1. The predicted molar refractivity (Wildman–Crippen MR) is 54.1 cm³/mol. The summed E-state index contributed by atoms with van der Waals surface area (Å²) in [5.41, 5.74) is -1.36. The molecule has 1 amide bonds. The Kier molecular flexibility index (Phi) is 2.26. The van der Waals surface area contributed by atoms with Crippen LogP contribution >= 0.6 is 0 Å². The Labute approximate surface area is 90.3 Å². The molecule has 1 aromatic heterocycles. The SMILES string of the molecule is O=C(NC1(C(=O)O)CC1)c1cc[nH]c(=O)c1. The number of nitrogens with one attached hydrogen (secondary N) is 2. The summed E-state index contributed by atoms with van der Waals surface area (Å²) >= 11 is 0. The van der Waals surface area contributed by atoms with Crippen molar-refractivity contribution < 1.29 is 14.7 Å². The minimum atomic E-state index is -1.13. The van der Waals surface area contributed by atoms with Crippen molar-refractivity contribution in [3.8, 4) is 0 Å². The van der Waals surface area contributed by atoms with Crippen LogP contribution in [0.15, 0.2) is 23.1 Å². The highest BCUT2D eigenvalue weighted by molar-refractivity contribution is 5.98. The van der Waals surface area contributed by atoms with Gasteiger partial charge in [0.1, 0.15) is 5.54 Å². The van der Waals surface area contributed by atoms with E-state index in [-0.39, 0.29) is 5.56 Å². The number of carbonyl (C=O) groups is 2. The van der Waals surface area contributed by atoms with Gasteiger partial charge in [0, 0.05) is 17.8 Å². The Hall–Kier alpha value is -2.11. The monoisotopic (exact) mass is 222 g/mol. The predicted octanol–water partition coefficient (Wildman–Crippen LogP) is -0.278. The number of H-pyrrole nitrogens is 1. The lowest BCUT2D eigenvalue weighted by Gasteiger charge is -2.11. The molecule has 2 rings (SSSR count). The molecule has 0 aliphatic heterocycles. The van der Waals surface area contributed by atoms with Crippen LogP contribution in [0.2, 0.25) is 0 Å². The molecule has 1 heterocycles. The lowest BCUT2D eigenvalue weighted by molar-refractivity contribution is -0.140. The second-order valence-corrected chi connectivity index (χ2v) is 3.78. The molecule has 1 saturated carbocycles. The van der Waals surface area contributed by atoms with Crippen LogP contribution in [0.5, 0.6) is 0 Å². The molecule has 1 aliphatic carbocycles. The van der Waals surface area contributed by atoms with Crippen molar-refractivity contribution >= 4 is 11.9 Å². The number of amides is 1. The molecule has 1 fully saturated rings. The van der Waals surface area contributed by atoms with Crippen LogP contribution in [0, 0.1) is 0 Å². The van der Waals surface area contributed by atoms with Crippen molar-refractivity contribution in [3.63, 3.8) is 0 Å². The molecule has 0 aromatic carbocycles. The van der Waals surface area contributed by atoms with E-state index < -0.39 is 23.0 Å². The molecule has 6 heteroatoms. The largest absolute Gasteiger partial charge is 0.480 e. The molecule has 84 valence electrons. The quantitative estimate of drug-likeness (QED) is 0.655. The normalized spacial score (nSPS) is 16.5. The maximum Gasteiger partial charge on any atom is 0.329 e. The number of carboxylic acids is 1. The van der Waals surface area contributed by atoms with Crippen molar-refractivity contribution in [2.75, 3.05) is 0 Å². The first kappa shape index (κ1) is 10.4. The Morgan fingerprint density at radius 1 is 1.44 bits per heavy atom. The van der Waals surface area contributed by atoms with Crippen molar-refractivity contribution in [1.29, 1.82) is 0 Å². The molecule has 16 heavy (non-hydrogen) atoms. The first-order valence-electron chi connectivity index (χ1n) is 4.78. The molecule has 0 bridgehead atoms. The zero-order valence-electron chi connectivity index (χ0n) is 8.32. The summed E-state index contributed by atoms with van der Waals surface area (Å²) in [5.74, 6) is -1.57. The fourth-order valence-electron chi connectivity index (χ4n) is 1.39. The molecule has 0 spiro atoms. The highest BCUT2D eigenvalue weighted by Gasteiger charge is 2.51. The number of aliphatic carboxylic acids is 1. The van der Waals surface area contributed by atoms with E-state index in [1.165, 1.54) is 12.3 Å². The van der Waals surface area contributed by atoms with Gasteiger partial charge in [0.25, 0.3) is 5.91 Å². The first-order chi connectivity index (χ1) is 7.53. The van der Waals surface area contributed by atoms with Gasteiger partial charge in [0.2, 0.25) is 5.56 Å². The second-order valence-electron chi connectivity index (χ2n) is 3.78. The molecule has 0 radical (unpaired) electrons. The van der Waals surface area contributed by atoms with E-state index in [1.807, 2.05) is 0 Å². The van der Waals surface area contributed by atoms with Gasteiger partial charge in [-0.05, 0) is 18.9 Å². The fourth-order valence-corrected chi connectivity index (χ4v) is 1.39. The summed E-state index contributed by atoms with van der Waals surface area (Å²) in [6.07, 6.45) is 2.20. The van der Waals surface area contributed by atoms with Crippen LogP contribution in [0.4, 0.5) is 0 Å². The topological polar surface area (TPSA) is 99.3 Å². The second kappa shape index (κ2) is 3.48. The maximum absolute atomic E-state index is 11.6. The third-order valence-electron chi connectivity index (χ3n) is 2.55. The van der Waals surface area contributed by atoms with Crippen molar-refractivity contribution in [2.45, 2.75) is 18.4 Å². The number of hydrogen-bond donors (Lipinski definition) is 3. The average molecular weight is 222 g/mol. The molecule has 1 aliphatic rings. The highest BCUT2D eigenvalue weighted by Crippen LogP contribution is 2.35. The molecule has 0 atom stereocenters. The Bertz CT molecular complexity index is 502. The van der Waals surface area contributed by atoms with E-state index in [0.717, 1.165) is 6.07 Å². The van der Waals surface area contributed by atoms with E-state index in [1.54, 1.807) is 0 Å². The van der Waals surface area contributed by atoms with E-state index >= 15 is 0 Å². The number of hydrogen-bond acceptors (Lipinski definition) is 3. The number of aromatic amines is 1. The summed E-state index contributed by atoms with van der Waals surface area (Å²) in [6.45, 7) is 0. The maximum atomic E-state index is 11.6. The summed E-state index contributed by atoms with van der Waals surface area (Å²) in [4.78, 5) is 35.8. The third kappa shape index (κ3) is 1.81. The summed E-state index contributed by atoms with van der Waals surface area (Å²) in [7, 11) is 0. The number of carboxylic acid groups (broad SMARTS) is 1. The molecule has 1 aromatic rings. The van der Waals surface area contributed by atoms with Gasteiger partial charge in [-0.1, -0.05) is 0 Å². The third-order valence-corrected chi connectivity index (χ3v) is 2.55. The lowest BCUT2D eigenvalue weighted by Crippen LogP contribution is -2.43. The summed E-state index contributed by atoms with van der Waals surface area (Å²) in [6, 6.07) is 2.56. The van der Waals surface area contributed by atoms with E-state index in [9.17, 15) is 14.4 Å². The summed E-state index contributed by atoms with van der Waals surface area (Å²) in [5, 5.41) is 11.3. The number of rotatable bonds is 3. The van der Waals surface area contributed by atoms with E-state index in [4.69, 9.17) is 5.11 Å². The van der Waals surface area contributed by atoms with Crippen molar-refractivity contribution in [3.05, 3.63) is 34.2 Å². The van der Waals surface area contributed by atoms with Gasteiger partial charge in [-0.2, -0.15) is 0 Å². The smallest absolute Gasteiger partial charge is 0.329 e. The minimum Gasteiger partial charge on any atom is -0.480 e. The van der Waals surface area contributed by atoms with Gasteiger partial charge in [-0.15, -0.1) is 0 Å². The van der Waals surface area contributed by atoms with Gasteiger partial charge in [0.15, 0.2) is 0 Å². The molecule has 0 saturated heterocycles. The first-order valence-corrected chi connectivity index (χ1v) is 4.78. The fraction of sp³-hybridized carbons (Fsp3) is 0.300. The van der Waals surface area contributed by atoms with Crippen LogP contribution in [-0.4, -0.2) is 27.5 Å². The zero-order valence-corrected chi connectivity index (χ0v) is 8.32. The number of pyridine rings is 1. The number of aromatic nitrogens is 1. The van der Waals surface area contributed by atoms with Crippen molar-refractivity contribution in [2.24, 2.45) is 0 Å². The minimum absolute atomic E-state index is 0.163. The molecule has 0 unspecified atom stereocenters. The van der Waals surface area contributed by atoms with E-state index in [0.29, 0.717) is 12.8 Å². The van der Waals surface area contributed by atoms with Crippen LogP contribution in [0.3, 0.4) is 0 Å². The molecular formula is C10H10N2O4. The van der Waals surface area contributed by atoms with Crippen LogP contribution < -0.4 is 10.9 Å². The summed E-state index contributed by atoms with van der Waals surface area (Å²) < 4.78 is 0. The average Bonchev–Trinajstić information content (AvgIpc) is 2.99. The highest BCUT2D eigenvalue weighted by atomic mass is 16.4. The molecule has 3 N–H and O–H groups in total. The van der Waals surface area contributed by atoms with Gasteiger partial charge in [-0.25, -0.2) is 4.79 Å². The van der Waals surface area contributed by atoms with Crippen molar-refractivity contribution in [1.82, 2.24) is 10.3 Å². The standard InChI is InChI=1S/C10H10N2O4/c13-7-5-6(1-4-11-7)8(14)12-10(2-3-10)9(15)16/h1,4-5H,2-3H2,(H,11,13)(H,12,14)(H,15,16). The van der Waals surface area contributed by atoms with Crippen LogP contribution in [0.25, 0.3) is 0 Å². The zero-order chi connectivity index (χ0) is 11.8. The van der Waals surface area contributed by atoms with Gasteiger partial charge in [0.05, 0.1) is 0 Å². The van der Waals surface area contributed by atoms with Gasteiger partial charge >= 0.3 is 5.97 Å². The molecular weight excluding hydrogens is 212 g/mol.